The second-order valence-electron chi connectivity index (χ2n) is 7.37. The lowest BCUT2D eigenvalue weighted by molar-refractivity contribution is 0.102. The number of aryl methyl sites for hydroxylation is 1. The largest absolute Gasteiger partial charge is 0.306 e. The van der Waals surface area contributed by atoms with E-state index in [1.165, 1.54) is 66.5 Å². The van der Waals surface area contributed by atoms with Crippen molar-refractivity contribution in [3.8, 4) is 16.4 Å². The van der Waals surface area contributed by atoms with Gasteiger partial charge in [0.15, 0.2) is 0 Å². The van der Waals surface area contributed by atoms with Gasteiger partial charge in [-0.1, -0.05) is 0 Å². The fourth-order valence-corrected chi connectivity index (χ4v) is 4.72. The summed E-state index contributed by atoms with van der Waals surface area (Å²) in [5.74, 6) is -0.322. The van der Waals surface area contributed by atoms with Crippen LogP contribution in [0.1, 0.15) is 16.1 Å². The van der Waals surface area contributed by atoms with Crippen LogP contribution in [-0.4, -0.2) is 47.5 Å². The van der Waals surface area contributed by atoms with Crippen LogP contribution in [0.2, 0.25) is 0 Å². The number of nitrogens with one attached hydrogen (secondary N) is 1. The molecule has 0 saturated carbocycles. The fourth-order valence-electron chi connectivity index (χ4n) is 3.03. The zero-order valence-corrected chi connectivity index (χ0v) is 19.6. The van der Waals surface area contributed by atoms with Crippen molar-refractivity contribution in [1.29, 1.82) is 0 Å². The smallest absolute Gasteiger partial charge is 0.256 e. The molecule has 0 aliphatic carbocycles. The molecule has 4 aromatic rings. The molecule has 2 aromatic carbocycles. The molecule has 0 atom stereocenters. The van der Waals surface area contributed by atoms with Gasteiger partial charge in [0.25, 0.3) is 5.91 Å². The van der Waals surface area contributed by atoms with E-state index in [1.807, 2.05) is 5.38 Å². The molecule has 2 aromatic heterocycles. The first-order valence-electron chi connectivity index (χ1n) is 9.77. The first kappa shape index (κ1) is 22.8. The molecule has 0 radical (unpaired) electrons. The number of sulfonamides is 1. The van der Waals surface area contributed by atoms with Crippen LogP contribution < -0.4 is 5.32 Å². The monoisotopic (exact) mass is 485 g/mol. The van der Waals surface area contributed by atoms with E-state index in [9.17, 15) is 17.6 Å². The molecule has 0 aliphatic heterocycles. The summed E-state index contributed by atoms with van der Waals surface area (Å²) in [6, 6.07) is 13.4. The molecule has 0 fully saturated rings. The first-order valence-corrected chi connectivity index (χ1v) is 12.1. The van der Waals surface area contributed by atoms with Crippen LogP contribution in [0, 0.1) is 12.7 Å². The number of hydrogen-bond acceptors (Lipinski definition) is 6. The van der Waals surface area contributed by atoms with E-state index < -0.39 is 15.9 Å². The number of amides is 1. The van der Waals surface area contributed by atoms with Gasteiger partial charge in [-0.15, -0.1) is 11.3 Å². The van der Waals surface area contributed by atoms with Gasteiger partial charge in [0.1, 0.15) is 11.6 Å². The second kappa shape index (κ2) is 8.85. The Morgan fingerprint density at radius 3 is 2.39 bits per heavy atom. The number of benzene rings is 2. The lowest BCUT2D eigenvalue weighted by Crippen LogP contribution is -2.22. The molecule has 1 N–H and O–H groups in total. The number of anilines is 1. The van der Waals surface area contributed by atoms with Crippen molar-refractivity contribution < 1.29 is 17.6 Å². The van der Waals surface area contributed by atoms with Crippen molar-refractivity contribution in [3.63, 3.8) is 0 Å². The Kier molecular flexibility index (Phi) is 6.11. The molecule has 8 nitrogen and oxygen atoms in total. The molecule has 33 heavy (non-hydrogen) atoms. The van der Waals surface area contributed by atoms with Crippen LogP contribution in [0.15, 0.2) is 64.9 Å². The minimum absolute atomic E-state index is 0.0982. The van der Waals surface area contributed by atoms with Crippen LogP contribution in [0.25, 0.3) is 16.4 Å². The second-order valence-corrected chi connectivity index (χ2v) is 10.4. The number of halogens is 1. The van der Waals surface area contributed by atoms with Crippen LogP contribution in [0.4, 0.5) is 10.2 Å². The summed E-state index contributed by atoms with van der Waals surface area (Å²) >= 11 is 1.33. The molecule has 0 unspecified atom stereocenters. The summed E-state index contributed by atoms with van der Waals surface area (Å²) in [6.07, 6.45) is 0. The number of hydrogen-bond donors (Lipinski definition) is 1. The van der Waals surface area contributed by atoms with E-state index in [4.69, 9.17) is 0 Å². The van der Waals surface area contributed by atoms with Crippen molar-refractivity contribution in [2.45, 2.75) is 11.8 Å². The first-order chi connectivity index (χ1) is 15.6. The summed E-state index contributed by atoms with van der Waals surface area (Å²) in [6.45, 7) is 1.79. The normalized spacial score (nSPS) is 11.7. The third kappa shape index (κ3) is 4.70. The van der Waals surface area contributed by atoms with Gasteiger partial charge in [-0.3, -0.25) is 4.79 Å². The maximum Gasteiger partial charge on any atom is 0.256 e. The topological polar surface area (TPSA) is 97.2 Å². The molecule has 11 heteroatoms. The molecular weight excluding hydrogens is 465 g/mol. The highest BCUT2D eigenvalue weighted by molar-refractivity contribution is 7.89. The Morgan fingerprint density at radius 1 is 1.09 bits per heavy atom. The fraction of sp³-hybridized carbons (Fsp3) is 0.136. The Balaban J connectivity index is 1.57. The molecule has 0 bridgehead atoms. The van der Waals surface area contributed by atoms with Gasteiger partial charge in [-0.05, 0) is 55.5 Å². The standard InChI is InChI=1S/C22H20FN5O3S2/c1-14-12-20(25-21(29)16-6-10-18(11-7-16)33(30,31)27(2)3)28(26-14)22-24-19(13-32-22)15-4-8-17(23)9-5-15/h4-13H,1-3H3,(H,25,29). The van der Waals surface area contributed by atoms with Gasteiger partial charge in [0, 0.05) is 36.7 Å². The highest BCUT2D eigenvalue weighted by Gasteiger charge is 2.19. The zero-order valence-electron chi connectivity index (χ0n) is 18.0. The van der Waals surface area contributed by atoms with Crippen molar-refractivity contribution in [3.05, 3.63) is 77.1 Å². The lowest BCUT2D eigenvalue weighted by Gasteiger charge is -2.11. The summed E-state index contributed by atoms with van der Waals surface area (Å²) in [5, 5.41) is 9.58. The van der Waals surface area contributed by atoms with Crippen molar-refractivity contribution >= 4 is 33.1 Å². The maximum atomic E-state index is 13.2. The minimum Gasteiger partial charge on any atom is -0.306 e. The Labute approximate surface area is 194 Å². The molecule has 0 saturated heterocycles. The van der Waals surface area contributed by atoms with E-state index in [1.54, 1.807) is 25.1 Å². The highest BCUT2D eigenvalue weighted by atomic mass is 32.2. The van der Waals surface area contributed by atoms with Crippen LogP contribution in [-0.2, 0) is 10.0 Å². The maximum absolute atomic E-state index is 13.2. The number of carbonyl (C=O) groups is 1. The van der Waals surface area contributed by atoms with E-state index in [-0.39, 0.29) is 10.7 Å². The Morgan fingerprint density at radius 2 is 1.76 bits per heavy atom. The van der Waals surface area contributed by atoms with Crippen LogP contribution in [0.3, 0.4) is 0 Å². The summed E-state index contributed by atoms with van der Waals surface area (Å²) in [5.41, 5.74) is 2.40. The average molecular weight is 486 g/mol. The quantitative estimate of drug-likeness (QED) is 0.446. The summed E-state index contributed by atoms with van der Waals surface area (Å²) < 4.78 is 40.3. The molecule has 170 valence electrons. The third-order valence-corrected chi connectivity index (χ3v) is 7.43. The molecule has 0 aliphatic rings. The van der Waals surface area contributed by atoms with Crippen LogP contribution >= 0.6 is 11.3 Å². The van der Waals surface area contributed by atoms with Gasteiger partial charge in [-0.2, -0.15) is 9.78 Å². The van der Waals surface area contributed by atoms with Gasteiger partial charge >= 0.3 is 0 Å². The zero-order chi connectivity index (χ0) is 23.8. The molecule has 0 spiro atoms. The lowest BCUT2D eigenvalue weighted by atomic mass is 10.2. The number of thiazole rings is 1. The number of aromatic nitrogens is 3. The SMILES string of the molecule is Cc1cc(NC(=O)c2ccc(S(=O)(=O)N(C)C)cc2)n(-c2nc(-c3ccc(F)cc3)cs2)n1. The van der Waals surface area contributed by atoms with Gasteiger partial charge in [0.2, 0.25) is 15.2 Å². The van der Waals surface area contributed by atoms with Gasteiger partial charge < -0.3 is 5.32 Å². The highest BCUT2D eigenvalue weighted by Crippen LogP contribution is 2.27. The number of rotatable bonds is 6. The molecule has 1 amide bonds. The summed E-state index contributed by atoms with van der Waals surface area (Å²) in [7, 11) is -0.693. The Bertz CT molecular complexity index is 1410. The number of carbonyl (C=O) groups excluding carboxylic acids is 1. The summed E-state index contributed by atoms with van der Waals surface area (Å²) in [4.78, 5) is 17.5. The van der Waals surface area contributed by atoms with Crippen LogP contribution in [0.5, 0.6) is 0 Å². The van der Waals surface area contributed by atoms with E-state index in [0.717, 1.165) is 9.87 Å². The Hall–Kier alpha value is -3.41. The van der Waals surface area contributed by atoms with E-state index in [0.29, 0.717) is 27.9 Å². The van der Waals surface area contributed by atoms with E-state index in [2.05, 4.69) is 15.4 Å². The third-order valence-electron chi connectivity index (χ3n) is 4.78. The van der Waals surface area contributed by atoms with Crippen molar-refractivity contribution in [2.75, 3.05) is 19.4 Å². The van der Waals surface area contributed by atoms with Crippen molar-refractivity contribution in [2.24, 2.45) is 0 Å². The molecule has 2 heterocycles. The van der Waals surface area contributed by atoms with Gasteiger partial charge in [0.05, 0.1) is 16.3 Å². The van der Waals surface area contributed by atoms with Gasteiger partial charge in [-0.25, -0.2) is 22.1 Å². The number of nitrogens with zero attached hydrogens (tertiary/aromatic N) is 4. The molecular formula is C22H20FN5O3S2. The predicted octanol–water partition coefficient (Wildman–Crippen LogP) is 3.95. The molecule has 4 rings (SSSR count). The predicted molar refractivity (Wildman–Crippen MR) is 125 cm³/mol. The minimum atomic E-state index is -3.58. The average Bonchev–Trinajstić information content (AvgIpc) is 3.41. The van der Waals surface area contributed by atoms with E-state index >= 15 is 0 Å². The van der Waals surface area contributed by atoms with Crippen molar-refractivity contribution in [1.82, 2.24) is 19.1 Å².